The number of fused-ring (bicyclic) bond motifs is 6. The van der Waals surface area contributed by atoms with E-state index in [2.05, 4.69) is 143 Å². The minimum Gasteiger partial charge on any atom is -0.506 e. The quantitative estimate of drug-likeness (QED) is 0.130. The summed E-state index contributed by atoms with van der Waals surface area (Å²) in [7, 11) is 0. The third-order valence-electron chi connectivity index (χ3n) is 15.5. The van der Waals surface area contributed by atoms with E-state index in [-0.39, 0.29) is 43.4 Å². The summed E-state index contributed by atoms with van der Waals surface area (Å²) in [5.74, 6) is 2.69. The summed E-state index contributed by atoms with van der Waals surface area (Å²) in [4.78, 5) is 19.4. The molecule has 0 aliphatic heterocycles. The maximum atomic E-state index is 10.8. The molecular formula is C76H61N6O4Pt-. The maximum Gasteiger partial charge on any atom is 0.219 e. The molecule has 6 aromatic heterocycles. The van der Waals surface area contributed by atoms with Gasteiger partial charge in [0, 0.05) is 78.4 Å². The van der Waals surface area contributed by atoms with Crippen LogP contribution in [0.5, 0.6) is 34.8 Å². The van der Waals surface area contributed by atoms with Gasteiger partial charge in [-0.05, 0) is 123 Å². The van der Waals surface area contributed by atoms with E-state index in [1.165, 1.54) is 0 Å². The van der Waals surface area contributed by atoms with E-state index in [4.69, 9.17) is 19.4 Å². The predicted octanol–water partition coefficient (Wildman–Crippen LogP) is 19.2. The predicted molar refractivity (Wildman–Crippen MR) is 347 cm³/mol. The average Bonchev–Trinajstić information content (AvgIpc) is 1.69. The largest absolute Gasteiger partial charge is 0.506 e. The van der Waals surface area contributed by atoms with Gasteiger partial charge < -0.3 is 19.7 Å². The zero-order valence-electron chi connectivity index (χ0n) is 48.9. The van der Waals surface area contributed by atoms with Crippen molar-refractivity contribution in [2.45, 2.75) is 52.4 Å². The van der Waals surface area contributed by atoms with Crippen LogP contribution in [0.2, 0.25) is 0 Å². The van der Waals surface area contributed by atoms with Gasteiger partial charge in [-0.2, -0.15) is 0 Å². The van der Waals surface area contributed by atoms with Crippen molar-refractivity contribution >= 4 is 43.9 Å². The Morgan fingerprint density at radius 2 is 0.851 bits per heavy atom. The van der Waals surface area contributed by atoms with Crippen LogP contribution in [-0.4, -0.2) is 39.3 Å². The van der Waals surface area contributed by atoms with E-state index >= 15 is 0 Å². The molecule has 87 heavy (non-hydrogen) atoms. The molecule has 0 atom stereocenters. The number of phenols is 2. The Balaban J connectivity index is 0.000000168. The Hall–Kier alpha value is -10.2. The van der Waals surface area contributed by atoms with Crippen LogP contribution in [0.1, 0.15) is 52.7 Å². The second-order valence-electron chi connectivity index (χ2n) is 23.4. The van der Waals surface area contributed by atoms with E-state index in [9.17, 15) is 10.2 Å². The first-order valence-electron chi connectivity index (χ1n) is 28.7. The fraction of sp³-hybridized carbons (Fsp3) is 0.105. The van der Waals surface area contributed by atoms with Crippen molar-refractivity contribution in [1.29, 1.82) is 0 Å². The Bertz CT molecular complexity index is 4530. The molecule has 10 nitrogen and oxygen atoms in total. The smallest absolute Gasteiger partial charge is 0.219 e. The molecule has 0 saturated carbocycles. The summed E-state index contributed by atoms with van der Waals surface area (Å²) in [6.45, 7) is 13.1. The minimum absolute atomic E-state index is 0. The molecule has 14 rings (SSSR count). The SMILES string of the molecule is CC(C)(C)c1cc(Oc2cc(-c3ccccc3)ccn2)[c-]c(-c2ccc3c4ccccc4n(-c4ccccc4O)c3n2)c1.CC(C)(C)c1cc(Oc2cc(-c3ccccc3)ccn2)cc(-c2ccc3c4ccccc4n(-c4ccccc4O)c3n2)c1.[Pt]. The molecule has 8 aromatic carbocycles. The van der Waals surface area contributed by atoms with Crippen molar-refractivity contribution in [3.05, 3.63) is 266 Å². The number of para-hydroxylation sites is 6. The van der Waals surface area contributed by atoms with Crippen molar-refractivity contribution in [3.63, 3.8) is 0 Å². The van der Waals surface area contributed by atoms with Crippen LogP contribution in [-0.2, 0) is 31.9 Å². The number of ether oxygens (including phenoxy) is 2. The van der Waals surface area contributed by atoms with Crippen LogP contribution < -0.4 is 9.47 Å². The van der Waals surface area contributed by atoms with Crippen LogP contribution >= 0.6 is 0 Å². The number of hydrogen-bond donors (Lipinski definition) is 2. The number of aromatic hydroxyl groups is 2. The first-order chi connectivity index (χ1) is 41.7. The molecule has 0 aliphatic rings. The molecule has 6 heterocycles. The number of rotatable bonds is 10. The molecule has 0 spiro atoms. The van der Waals surface area contributed by atoms with Crippen molar-refractivity contribution in [2.24, 2.45) is 0 Å². The van der Waals surface area contributed by atoms with E-state index in [0.29, 0.717) is 34.6 Å². The second-order valence-corrected chi connectivity index (χ2v) is 23.4. The van der Waals surface area contributed by atoms with Gasteiger partial charge in [0.25, 0.3) is 0 Å². The minimum atomic E-state index is -0.143. The Morgan fingerprint density at radius 1 is 0.391 bits per heavy atom. The molecule has 0 amide bonds. The van der Waals surface area contributed by atoms with Crippen LogP contribution in [0.3, 0.4) is 0 Å². The normalized spacial score (nSPS) is 11.6. The van der Waals surface area contributed by atoms with Gasteiger partial charge in [0.15, 0.2) is 0 Å². The summed E-state index contributed by atoms with van der Waals surface area (Å²) in [5.41, 5.74) is 14.4. The van der Waals surface area contributed by atoms with E-state index in [1.807, 2.05) is 149 Å². The zero-order valence-corrected chi connectivity index (χ0v) is 51.2. The number of nitrogens with zero attached hydrogens (tertiary/aromatic N) is 6. The van der Waals surface area contributed by atoms with Crippen molar-refractivity contribution < 1.29 is 40.8 Å². The molecule has 0 bridgehead atoms. The molecular weight excluding hydrogens is 1260 g/mol. The summed E-state index contributed by atoms with van der Waals surface area (Å²) >= 11 is 0. The van der Waals surface area contributed by atoms with E-state index in [0.717, 1.165) is 99.8 Å². The zero-order chi connectivity index (χ0) is 59.1. The molecule has 0 saturated heterocycles. The van der Waals surface area contributed by atoms with E-state index in [1.54, 1.807) is 24.5 Å². The maximum absolute atomic E-state index is 10.8. The molecule has 2 N–H and O–H groups in total. The first kappa shape index (κ1) is 57.3. The molecule has 0 unspecified atom stereocenters. The summed E-state index contributed by atoms with van der Waals surface area (Å²) < 4.78 is 16.8. The van der Waals surface area contributed by atoms with Gasteiger partial charge in [-0.1, -0.05) is 187 Å². The van der Waals surface area contributed by atoms with Crippen LogP contribution in [0.4, 0.5) is 0 Å². The van der Waals surface area contributed by atoms with Crippen LogP contribution in [0.25, 0.3) is 100 Å². The van der Waals surface area contributed by atoms with Gasteiger partial charge in [-0.3, -0.25) is 14.1 Å². The Morgan fingerprint density at radius 3 is 1.38 bits per heavy atom. The van der Waals surface area contributed by atoms with Gasteiger partial charge in [0.05, 0.1) is 28.1 Å². The number of aromatic nitrogens is 6. The third-order valence-corrected chi connectivity index (χ3v) is 15.5. The number of benzene rings is 8. The second kappa shape index (κ2) is 23.7. The summed E-state index contributed by atoms with van der Waals surface area (Å²) in [5, 5.41) is 25.8. The van der Waals surface area contributed by atoms with Gasteiger partial charge >= 0.3 is 0 Å². The van der Waals surface area contributed by atoms with Gasteiger partial charge in [0.1, 0.15) is 28.5 Å². The van der Waals surface area contributed by atoms with Crippen LogP contribution in [0.15, 0.2) is 249 Å². The third kappa shape index (κ3) is 11.7. The molecule has 11 heteroatoms. The Labute approximate surface area is 520 Å². The van der Waals surface area contributed by atoms with E-state index < -0.39 is 0 Å². The topological polar surface area (TPSA) is 120 Å². The number of pyridine rings is 4. The molecule has 0 fully saturated rings. The summed E-state index contributed by atoms with van der Waals surface area (Å²) in [6, 6.07) is 81.6. The van der Waals surface area contributed by atoms with Gasteiger partial charge in [-0.25, -0.2) is 15.0 Å². The molecule has 0 aliphatic carbocycles. The average molecular weight is 1320 g/mol. The number of phenolic OH excluding ortho intramolecular Hbond substituents is 2. The fourth-order valence-corrected chi connectivity index (χ4v) is 11.0. The first-order valence-corrected chi connectivity index (χ1v) is 28.7. The standard InChI is InChI=1S/C38H31N3O2.C38H30N3O2.Pt/c2*1-38(2,3)28-21-27(22-29(24-28)43-36-23-26(19-20-39-36)25-11-5-4-6-12-25)32-18-17-31-30-13-7-8-14-33(30)41(37(31)40-32)34-15-9-10-16-35(34)42;/h4-24,42H,1-3H3;4-21,23-24,42H,1-3H3;/q;-1;. The molecule has 0 radical (unpaired) electrons. The van der Waals surface area contributed by atoms with Gasteiger partial charge in [-0.15, -0.1) is 17.2 Å². The van der Waals surface area contributed by atoms with Crippen LogP contribution in [0, 0.1) is 6.07 Å². The van der Waals surface area contributed by atoms with Gasteiger partial charge in [0.2, 0.25) is 11.8 Å². The van der Waals surface area contributed by atoms with Crippen molar-refractivity contribution in [2.75, 3.05) is 0 Å². The van der Waals surface area contributed by atoms with Crippen molar-refractivity contribution in [1.82, 2.24) is 29.1 Å². The monoisotopic (exact) mass is 1320 g/mol. The Kier molecular flexibility index (Phi) is 15.6. The molecule has 14 aromatic rings. The molecule has 430 valence electrons. The fourth-order valence-electron chi connectivity index (χ4n) is 11.0. The number of hydrogen-bond acceptors (Lipinski definition) is 8. The van der Waals surface area contributed by atoms with Crippen molar-refractivity contribution in [3.8, 4) is 90.9 Å². The summed E-state index contributed by atoms with van der Waals surface area (Å²) in [6.07, 6.45) is 3.54.